The number of halogens is 1. The molecule has 14 heteroatoms. The fourth-order valence-corrected chi connectivity index (χ4v) is 5.16. The van der Waals surface area contributed by atoms with Gasteiger partial charge in [-0.1, -0.05) is 12.1 Å². The van der Waals surface area contributed by atoms with Crippen molar-refractivity contribution in [3.05, 3.63) is 60.8 Å². The van der Waals surface area contributed by atoms with Crippen molar-refractivity contribution in [2.75, 3.05) is 63.1 Å². The van der Waals surface area contributed by atoms with Crippen LogP contribution in [0.3, 0.4) is 0 Å². The summed E-state index contributed by atoms with van der Waals surface area (Å²) >= 11 is 5.87. The molecule has 3 heterocycles. The first-order valence-corrected chi connectivity index (χ1v) is 14.7. The Labute approximate surface area is 262 Å². The van der Waals surface area contributed by atoms with E-state index in [0.717, 1.165) is 4.68 Å². The van der Waals surface area contributed by atoms with E-state index in [0.29, 0.717) is 94.1 Å². The average molecular weight is 632 g/mol. The van der Waals surface area contributed by atoms with E-state index in [-0.39, 0.29) is 19.1 Å². The van der Waals surface area contributed by atoms with Crippen LogP contribution in [0.2, 0.25) is 0 Å². The summed E-state index contributed by atoms with van der Waals surface area (Å²) in [4.78, 5) is 36.0. The van der Waals surface area contributed by atoms with Crippen molar-refractivity contribution in [2.24, 2.45) is 0 Å². The number of fused-ring (bicyclic) bond motifs is 2. The van der Waals surface area contributed by atoms with Gasteiger partial charge in [-0.2, -0.15) is 9.78 Å². The average Bonchev–Trinajstić information content (AvgIpc) is 3.47. The summed E-state index contributed by atoms with van der Waals surface area (Å²) in [7, 11) is 1.55. The Morgan fingerprint density at radius 3 is 2.67 bits per heavy atom. The van der Waals surface area contributed by atoms with Gasteiger partial charge in [0, 0.05) is 46.9 Å². The molecule has 232 valence electrons. The largest absolute Gasteiger partial charge is 0.493 e. The van der Waals surface area contributed by atoms with Crippen LogP contribution in [0.1, 0.15) is 0 Å². The Balaban J connectivity index is 1.37. The minimum Gasteiger partial charge on any atom is -0.493 e. The van der Waals surface area contributed by atoms with Gasteiger partial charge in [-0.3, -0.25) is 9.69 Å². The number of anilines is 3. The third-order valence-electron chi connectivity index (χ3n) is 7.20. The zero-order valence-corrected chi connectivity index (χ0v) is 25.1. The van der Waals surface area contributed by atoms with Gasteiger partial charge in [-0.05, 0) is 36.4 Å². The molecule has 45 heavy (non-hydrogen) atoms. The highest BCUT2D eigenvalue weighted by Crippen LogP contribution is 2.37. The lowest BCUT2D eigenvalue weighted by molar-refractivity contribution is -0.118. The van der Waals surface area contributed by atoms with Crippen molar-refractivity contribution < 1.29 is 28.9 Å². The molecule has 0 spiro atoms. The van der Waals surface area contributed by atoms with E-state index in [1.165, 1.54) is 6.20 Å². The standard InChI is InChI=1S/C31H30ClN7O6/c1-43-26-16-24-23(15-27(26)45-10-7-32)30(35-22-5-6-25-20(14-22)17-33-39(25)31(41)42)37-29(36-24)19-3-2-4-21(13-19)34-28(40)18-38-8-11-44-12-9-38/h2-6,13-17H,7-12,18H2,1H3,(H,34,40)(H,41,42)(H,35,36,37). The van der Waals surface area contributed by atoms with E-state index in [1.54, 1.807) is 37.4 Å². The Hall–Kier alpha value is -4.98. The maximum Gasteiger partial charge on any atom is 0.432 e. The lowest BCUT2D eigenvalue weighted by Crippen LogP contribution is -2.41. The summed E-state index contributed by atoms with van der Waals surface area (Å²) in [6, 6.07) is 16.1. The first-order chi connectivity index (χ1) is 21.9. The van der Waals surface area contributed by atoms with Crippen LogP contribution in [-0.2, 0) is 9.53 Å². The third-order valence-corrected chi connectivity index (χ3v) is 7.36. The molecular weight excluding hydrogens is 602 g/mol. The summed E-state index contributed by atoms with van der Waals surface area (Å²) in [5.41, 5.74) is 2.99. The number of hydrogen-bond acceptors (Lipinski definition) is 10. The summed E-state index contributed by atoms with van der Waals surface area (Å²) < 4.78 is 17.7. The molecule has 0 aliphatic carbocycles. The Kier molecular flexibility index (Phi) is 8.91. The molecule has 13 nitrogen and oxygen atoms in total. The van der Waals surface area contributed by atoms with Crippen molar-refractivity contribution in [1.29, 1.82) is 0 Å². The number of carbonyl (C=O) groups is 2. The molecule has 6 rings (SSSR count). The highest BCUT2D eigenvalue weighted by molar-refractivity contribution is 6.18. The molecule has 0 unspecified atom stereocenters. The van der Waals surface area contributed by atoms with E-state index >= 15 is 0 Å². The lowest BCUT2D eigenvalue weighted by Gasteiger charge is -2.25. The van der Waals surface area contributed by atoms with Crippen LogP contribution < -0.4 is 20.1 Å². The van der Waals surface area contributed by atoms with Crippen molar-refractivity contribution in [2.45, 2.75) is 0 Å². The van der Waals surface area contributed by atoms with Crippen molar-refractivity contribution in [1.82, 2.24) is 24.6 Å². The maximum absolute atomic E-state index is 12.8. The van der Waals surface area contributed by atoms with Gasteiger partial charge < -0.3 is 30.0 Å². The number of amides is 1. The number of aromatic nitrogens is 4. The third kappa shape index (κ3) is 6.75. The first kappa shape index (κ1) is 30.1. The Morgan fingerprint density at radius 2 is 1.89 bits per heavy atom. The molecule has 3 N–H and O–H groups in total. The lowest BCUT2D eigenvalue weighted by atomic mass is 10.1. The van der Waals surface area contributed by atoms with Gasteiger partial charge >= 0.3 is 6.09 Å². The van der Waals surface area contributed by atoms with E-state index < -0.39 is 6.09 Å². The molecule has 1 aliphatic heterocycles. The van der Waals surface area contributed by atoms with Crippen LogP contribution in [0.25, 0.3) is 33.2 Å². The number of nitrogens with one attached hydrogen (secondary N) is 2. The number of benzene rings is 3. The van der Waals surface area contributed by atoms with Crippen LogP contribution in [0.5, 0.6) is 11.5 Å². The normalized spacial score (nSPS) is 13.6. The molecule has 0 saturated carbocycles. The summed E-state index contributed by atoms with van der Waals surface area (Å²) in [6.07, 6.45) is 0.315. The van der Waals surface area contributed by atoms with Crippen LogP contribution in [0, 0.1) is 0 Å². The van der Waals surface area contributed by atoms with Crippen molar-refractivity contribution in [3.63, 3.8) is 0 Å². The first-order valence-electron chi connectivity index (χ1n) is 14.2. The molecule has 0 atom stereocenters. The molecule has 5 aromatic rings. The van der Waals surface area contributed by atoms with Gasteiger partial charge in [0.25, 0.3) is 0 Å². The summed E-state index contributed by atoms with van der Waals surface area (Å²) in [5, 5.41) is 21.0. The number of morpholine rings is 1. The number of hydrogen-bond donors (Lipinski definition) is 3. The predicted octanol–water partition coefficient (Wildman–Crippen LogP) is 4.81. The van der Waals surface area contributed by atoms with Gasteiger partial charge in [0.15, 0.2) is 17.3 Å². The van der Waals surface area contributed by atoms with E-state index in [4.69, 9.17) is 35.8 Å². The highest BCUT2D eigenvalue weighted by Gasteiger charge is 2.18. The van der Waals surface area contributed by atoms with E-state index in [2.05, 4.69) is 20.6 Å². The Morgan fingerprint density at radius 1 is 1.04 bits per heavy atom. The zero-order valence-electron chi connectivity index (χ0n) is 24.3. The minimum absolute atomic E-state index is 0.119. The van der Waals surface area contributed by atoms with Crippen molar-refractivity contribution >= 4 is 62.6 Å². The molecule has 3 aromatic carbocycles. The number of alkyl halides is 1. The van der Waals surface area contributed by atoms with Gasteiger partial charge in [-0.15, -0.1) is 11.6 Å². The SMILES string of the molecule is COc1cc2nc(-c3cccc(NC(=O)CN4CCOCC4)c3)nc(Nc3ccc4c(cnn4C(=O)O)c3)c2cc1OCCCl. The Bertz CT molecular complexity index is 1870. The number of carboxylic acid groups (broad SMARTS) is 1. The quantitative estimate of drug-likeness (QED) is 0.182. The van der Waals surface area contributed by atoms with Crippen LogP contribution in [0.15, 0.2) is 60.8 Å². The van der Waals surface area contributed by atoms with Crippen LogP contribution in [0.4, 0.5) is 22.0 Å². The molecule has 1 aliphatic rings. The second-order valence-corrected chi connectivity index (χ2v) is 10.6. The second-order valence-electron chi connectivity index (χ2n) is 10.2. The van der Waals surface area contributed by atoms with E-state index in [1.807, 2.05) is 24.3 Å². The zero-order chi connectivity index (χ0) is 31.3. The number of nitrogens with zero attached hydrogens (tertiary/aromatic N) is 5. The van der Waals surface area contributed by atoms with Crippen LogP contribution >= 0.6 is 11.6 Å². The minimum atomic E-state index is -1.17. The molecule has 1 amide bonds. The number of rotatable bonds is 10. The molecule has 1 fully saturated rings. The van der Waals surface area contributed by atoms with Gasteiger partial charge in [-0.25, -0.2) is 14.8 Å². The fraction of sp³-hybridized carbons (Fsp3) is 0.258. The van der Waals surface area contributed by atoms with E-state index in [9.17, 15) is 14.7 Å². The smallest absolute Gasteiger partial charge is 0.432 e. The second kappa shape index (κ2) is 13.3. The van der Waals surface area contributed by atoms with Gasteiger partial charge in [0.05, 0.1) is 50.0 Å². The van der Waals surface area contributed by atoms with Crippen molar-refractivity contribution in [3.8, 4) is 22.9 Å². The fourth-order valence-electron chi connectivity index (χ4n) is 5.08. The topological polar surface area (TPSA) is 153 Å². The highest BCUT2D eigenvalue weighted by atomic mass is 35.5. The monoisotopic (exact) mass is 631 g/mol. The number of methoxy groups -OCH3 is 1. The maximum atomic E-state index is 12.8. The molecule has 0 radical (unpaired) electrons. The summed E-state index contributed by atoms with van der Waals surface area (Å²) in [6.45, 7) is 3.21. The van der Waals surface area contributed by atoms with Gasteiger partial charge in [0.1, 0.15) is 12.4 Å². The number of ether oxygens (including phenoxy) is 3. The molecule has 2 aromatic heterocycles. The summed E-state index contributed by atoms with van der Waals surface area (Å²) in [5.74, 6) is 2.02. The molecule has 0 bridgehead atoms. The van der Waals surface area contributed by atoms with Crippen LogP contribution in [-0.4, -0.2) is 94.2 Å². The van der Waals surface area contributed by atoms with Gasteiger partial charge in [0.2, 0.25) is 5.91 Å². The number of carbonyl (C=O) groups excluding carboxylic acids is 1. The predicted molar refractivity (Wildman–Crippen MR) is 170 cm³/mol. The molecular formula is C31H30ClN7O6. The molecule has 1 saturated heterocycles.